The van der Waals surface area contributed by atoms with Crippen LogP contribution in [0.1, 0.15) is 37.6 Å². The monoisotopic (exact) mass is 543 g/mol. The first-order valence-corrected chi connectivity index (χ1v) is 13.5. The molecule has 3 aromatic carbocycles. The molecule has 40 heavy (non-hydrogen) atoms. The van der Waals surface area contributed by atoms with Crippen molar-refractivity contribution in [3.63, 3.8) is 0 Å². The molecule has 0 saturated carbocycles. The Balaban J connectivity index is 1.36. The third kappa shape index (κ3) is 6.48. The summed E-state index contributed by atoms with van der Waals surface area (Å²) in [6.45, 7) is 9.71. The SMILES string of the molecule is CCC(C)(C)CNc1nccc(Oc2ccc(NC(=O)c3cc(F)cc(N4CCOCC4)c3)c3ccccc23)n1. The lowest BCUT2D eigenvalue weighted by Crippen LogP contribution is -2.36. The summed E-state index contributed by atoms with van der Waals surface area (Å²) < 4.78 is 26.0. The van der Waals surface area contributed by atoms with Crippen molar-refractivity contribution in [2.75, 3.05) is 48.4 Å². The van der Waals surface area contributed by atoms with Gasteiger partial charge in [-0.05, 0) is 42.2 Å². The van der Waals surface area contributed by atoms with Crippen molar-refractivity contribution < 1.29 is 18.7 Å². The number of rotatable bonds is 9. The van der Waals surface area contributed by atoms with Crippen molar-refractivity contribution in [1.29, 1.82) is 0 Å². The van der Waals surface area contributed by atoms with Crippen molar-refractivity contribution in [1.82, 2.24) is 9.97 Å². The van der Waals surface area contributed by atoms with Crippen LogP contribution in [0.2, 0.25) is 0 Å². The van der Waals surface area contributed by atoms with E-state index in [9.17, 15) is 9.18 Å². The van der Waals surface area contributed by atoms with Crippen molar-refractivity contribution in [3.8, 4) is 11.6 Å². The predicted molar refractivity (Wildman–Crippen MR) is 156 cm³/mol. The van der Waals surface area contributed by atoms with Crippen molar-refractivity contribution in [3.05, 3.63) is 78.2 Å². The number of aromatic nitrogens is 2. The minimum Gasteiger partial charge on any atom is -0.438 e. The maximum atomic E-state index is 14.5. The maximum Gasteiger partial charge on any atom is 0.255 e. The van der Waals surface area contributed by atoms with Crippen LogP contribution in [-0.2, 0) is 4.74 Å². The number of nitrogens with zero attached hydrogens (tertiary/aromatic N) is 3. The number of hydrogen-bond donors (Lipinski definition) is 2. The number of hydrogen-bond acceptors (Lipinski definition) is 7. The summed E-state index contributed by atoms with van der Waals surface area (Å²) in [5.74, 6) is 0.643. The first kappa shape index (κ1) is 27.3. The molecule has 0 atom stereocenters. The number of halogens is 1. The van der Waals surface area contributed by atoms with Gasteiger partial charge < -0.3 is 25.0 Å². The van der Waals surface area contributed by atoms with E-state index in [1.54, 1.807) is 30.5 Å². The van der Waals surface area contributed by atoms with E-state index in [1.165, 1.54) is 12.1 Å². The predicted octanol–water partition coefficient (Wildman–Crippen LogP) is 6.50. The summed E-state index contributed by atoms with van der Waals surface area (Å²) in [6.07, 6.45) is 2.68. The number of carbonyl (C=O) groups is 1. The van der Waals surface area contributed by atoms with Crippen molar-refractivity contribution >= 4 is 34.0 Å². The molecule has 4 aromatic rings. The molecule has 2 N–H and O–H groups in total. The van der Waals surface area contributed by atoms with Crippen LogP contribution in [0.3, 0.4) is 0 Å². The molecule has 0 unspecified atom stereocenters. The summed E-state index contributed by atoms with van der Waals surface area (Å²) in [7, 11) is 0. The van der Waals surface area contributed by atoms with E-state index in [0.717, 1.165) is 23.7 Å². The number of carbonyl (C=O) groups excluding carboxylic acids is 1. The van der Waals surface area contributed by atoms with E-state index >= 15 is 0 Å². The maximum absolute atomic E-state index is 14.5. The zero-order valence-corrected chi connectivity index (χ0v) is 23.0. The molecule has 5 rings (SSSR count). The lowest BCUT2D eigenvalue weighted by atomic mass is 9.90. The fourth-order valence-corrected chi connectivity index (χ4v) is 4.41. The van der Waals surface area contributed by atoms with E-state index in [-0.39, 0.29) is 11.0 Å². The number of morpholine rings is 1. The summed E-state index contributed by atoms with van der Waals surface area (Å²) in [6, 6.07) is 17.3. The minimum atomic E-state index is -0.459. The quantitative estimate of drug-likeness (QED) is 0.249. The zero-order chi connectivity index (χ0) is 28.1. The van der Waals surface area contributed by atoms with Gasteiger partial charge in [0.15, 0.2) is 0 Å². The molecule has 9 heteroatoms. The third-order valence-corrected chi connectivity index (χ3v) is 7.18. The lowest BCUT2D eigenvalue weighted by molar-refractivity contribution is 0.102. The zero-order valence-electron chi connectivity index (χ0n) is 23.0. The van der Waals surface area contributed by atoms with Crippen LogP contribution in [0, 0.1) is 11.2 Å². The largest absolute Gasteiger partial charge is 0.438 e. The van der Waals surface area contributed by atoms with Crippen LogP contribution >= 0.6 is 0 Å². The molecule has 0 aliphatic carbocycles. The highest BCUT2D eigenvalue weighted by Gasteiger charge is 2.18. The number of benzene rings is 3. The molecule has 1 aromatic heterocycles. The van der Waals surface area contributed by atoms with Gasteiger partial charge in [0.25, 0.3) is 5.91 Å². The molecular formula is C31H34FN5O3. The number of amides is 1. The van der Waals surface area contributed by atoms with Gasteiger partial charge in [0.2, 0.25) is 11.8 Å². The van der Waals surface area contributed by atoms with Crippen LogP contribution in [0.5, 0.6) is 11.6 Å². The highest BCUT2D eigenvalue weighted by atomic mass is 19.1. The average molecular weight is 544 g/mol. The summed E-state index contributed by atoms with van der Waals surface area (Å²) in [5, 5.41) is 7.83. The molecule has 1 aliphatic rings. The molecule has 1 aliphatic heterocycles. The van der Waals surface area contributed by atoms with E-state index < -0.39 is 11.7 Å². The van der Waals surface area contributed by atoms with E-state index in [0.29, 0.717) is 55.3 Å². The number of nitrogens with one attached hydrogen (secondary N) is 2. The molecule has 0 spiro atoms. The Morgan fingerprint density at radius 1 is 1.07 bits per heavy atom. The van der Waals surface area contributed by atoms with Gasteiger partial charge in [-0.15, -0.1) is 0 Å². The molecule has 2 heterocycles. The number of fused-ring (bicyclic) bond motifs is 1. The van der Waals surface area contributed by atoms with Gasteiger partial charge in [0, 0.05) is 59.6 Å². The Morgan fingerprint density at radius 2 is 1.85 bits per heavy atom. The molecule has 1 saturated heterocycles. The summed E-state index contributed by atoms with van der Waals surface area (Å²) >= 11 is 0. The highest BCUT2D eigenvalue weighted by Crippen LogP contribution is 2.34. The first-order chi connectivity index (χ1) is 19.3. The Labute approximate surface area is 233 Å². The fraction of sp³-hybridized carbons (Fsp3) is 0.323. The Bertz CT molecular complexity index is 1500. The second-order valence-electron chi connectivity index (χ2n) is 10.6. The number of ether oxygens (including phenoxy) is 2. The van der Waals surface area contributed by atoms with Crippen molar-refractivity contribution in [2.45, 2.75) is 27.2 Å². The Morgan fingerprint density at radius 3 is 2.62 bits per heavy atom. The van der Waals surface area contributed by atoms with Crippen LogP contribution < -0.4 is 20.3 Å². The number of anilines is 3. The average Bonchev–Trinajstić information content (AvgIpc) is 2.98. The lowest BCUT2D eigenvalue weighted by Gasteiger charge is -2.29. The van der Waals surface area contributed by atoms with E-state index in [2.05, 4.69) is 41.4 Å². The van der Waals surface area contributed by atoms with Crippen LogP contribution in [0.4, 0.5) is 21.7 Å². The highest BCUT2D eigenvalue weighted by molar-refractivity contribution is 6.10. The van der Waals surface area contributed by atoms with Gasteiger partial charge in [-0.1, -0.05) is 45.0 Å². The van der Waals surface area contributed by atoms with Gasteiger partial charge in [-0.3, -0.25) is 4.79 Å². The minimum absolute atomic E-state index is 0.117. The Hall–Kier alpha value is -4.24. The molecule has 0 bridgehead atoms. The van der Waals surface area contributed by atoms with Crippen LogP contribution in [0.15, 0.2) is 66.9 Å². The molecule has 8 nitrogen and oxygen atoms in total. The molecule has 1 fully saturated rings. The normalized spacial score (nSPS) is 13.8. The smallest absolute Gasteiger partial charge is 0.255 e. The fourth-order valence-electron chi connectivity index (χ4n) is 4.41. The van der Waals surface area contributed by atoms with Gasteiger partial charge in [0.1, 0.15) is 11.6 Å². The van der Waals surface area contributed by atoms with E-state index in [4.69, 9.17) is 9.47 Å². The van der Waals surface area contributed by atoms with Gasteiger partial charge >= 0.3 is 0 Å². The summed E-state index contributed by atoms with van der Waals surface area (Å²) in [5.41, 5.74) is 1.63. The topological polar surface area (TPSA) is 88.6 Å². The van der Waals surface area contributed by atoms with Crippen LogP contribution in [-0.4, -0.2) is 48.7 Å². The second kappa shape index (κ2) is 11.9. The Kier molecular flexibility index (Phi) is 8.11. The van der Waals surface area contributed by atoms with E-state index in [1.807, 2.05) is 29.2 Å². The van der Waals surface area contributed by atoms with Gasteiger partial charge in [-0.25, -0.2) is 9.37 Å². The second-order valence-corrected chi connectivity index (χ2v) is 10.6. The third-order valence-electron chi connectivity index (χ3n) is 7.18. The van der Waals surface area contributed by atoms with Crippen molar-refractivity contribution in [2.24, 2.45) is 5.41 Å². The van der Waals surface area contributed by atoms with Gasteiger partial charge in [0.05, 0.1) is 13.2 Å². The molecule has 1 amide bonds. The first-order valence-electron chi connectivity index (χ1n) is 13.5. The standard InChI is InChI=1S/C31H34FN5O3/c1-4-31(2,3)20-34-30-33-12-11-28(36-30)40-27-10-9-26(24-7-5-6-8-25(24)27)35-29(38)21-17-22(32)19-23(18-21)37-13-15-39-16-14-37/h5-12,17-19H,4,13-16,20H2,1-3H3,(H,35,38)(H,33,34,36). The van der Waals surface area contributed by atoms with Crippen LogP contribution in [0.25, 0.3) is 10.8 Å². The molecular weight excluding hydrogens is 509 g/mol. The van der Waals surface area contributed by atoms with Gasteiger partial charge in [-0.2, -0.15) is 4.98 Å². The molecule has 208 valence electrons. The molecule has 0 radical (unpaired) electrons. The summed E-state index contributed by atoms with van der Waals surface area (Å²) in [4.78, 5) is 24.1.